The molecule has 1 nitrogen and oxygen atoms in total. The van der Waals surface area contributed by atoms with E-state index >= 15 is 0 Å². The van der Waals surface area contributed by atoms with Gasteiger partial charge in [-0.1, -0.05) is 46.5 Å². The molecule has 0 atom stereocenters. The van der Waals surface area contributed by atoms with Gasteiger partial charge in [-0.15, -0.1) is 0 Å². The van der Waals surface area contributed by atoms with Crippen molar-refractivity contribution in [2.45, 2.75) is 65.7 Å². The molecule has 1 aliphatic rings. The maximum atomic E-state index is 3.46. The van der Waals surface area contributed by atoms with Gasteiger partial charge in [-0.05, 0) is 43.7 Å². The monoisotopic (exact) mass is 211 g/mol. The van der Waals surface area contributed by atoms with Crippen LogP contribution in [0.1, 0.15) is 65.7 Å². The van der Waals surface area contributed by atoms with Gasteiger partial charge < -0.3 is 5.32 Å². The molecular formula is C14H29N. The lowest BCUT2D eigenvalue weighted by molar-refractivity contribution is 0.173. The molecule has 0 aliphatic heterocycles. The van der Waals surface area contributed by atoms with Gasteiger partial charge in [-0.2, -0.15) is 0 Å². The van der Waals surface area contributed by atoms with E-state index in [-0.39, 0.29) is 0 Å². The zero-order chi connectivity index (χ0) is 11.1. The van der Waals surface area contributed by atoms with Crippen LogP contribution in [0.15, 0.2) is 0 Å². The van der Waals surface area contributed by atoms with Crippen molar-refractivity contribution in [1.29, 1.82) is 0 Å². The molecule has 15 heavy (non-hydrogen) atoms. The Morgan fingerprint density at radius 1 is 1.07 bits per heavy atom. The van der Waals surface area contributed by atoms with Crippen molar-refractivity contribution in [2.24, 2.45) is 11.3 Å². The largest absolute Gasteiger partial charge is 0.317 e. The minimum absolute atomic E-state index is 0.548. The molecule has 1 N–H and O–H groups in total. The fourth-order valence-corrected chi connectivity index (χ4v) is 2.85. The summed E-state index contributed by atoms with van der Waals surface area (Å²) in [4.78, 5) is 0. The average molecular weight is 211 g/mol. The first kappa shape index (κ1) is 13.0. The van der Waals surface area contributed by atoms with E-state index in [0.29, 0.717) is 5.41 Å². The van der Waals surface area contributed by atoms with Crippen LogP contribution in [0.5, 0.6) is 0 Å². The molecule has 0 radical (unpaired) electrons. The van der Waals surface area contributed by atoms with E-state index in [2.05, 4.69) is 26.1 Å². The zero-order valence-corrected chi connectivity index (χ0v) is 10.9. The van der Waals surface area contributed by atoms with Gasteiger partial charge in [0.25, 0.3) is 0 Å². The Balaban J connectivity index is 2.35. The molecule has 0 aromatic heterocycles. The molecule has 90 valence electrons. The summed E-state index contributed by atoms with van der Waals surface area (Å²) in [6, 6.07) is 0. The van der Waals surface area contributed by atoms with Crippen molar-refractivity contribution < 1.29 is 0 Å². The summed E-state index contributed by atoms with van der Waals surface area (Å²) < 4.78 is 0. The molecule has 0 amide bonds. The van der Waals surface area contributed by atoms with Crippen LogP contribution in [-0.4, -0.2) is 13.1 Å². The molecule has 1 heteroatoms. The van der Waals surface area contributed by atoms with Gasteiger partial charge >= 0.3 is 0 Å². The van der Waals surface area contributed by atoms with Gasteiger partial charge in [-0.3, -0.25) is 0 Å². The summed E-state index contributed by atoms with van der Waals surface area (Å²) in [6.07, 6.45) is 10.2. The quantitative estimate of drug-likeness (QED) is 0.536. The molecule has 0 aromatic rings. The number of hydrogen-bond acceptors (Lipinski definition) is 1. The summed E-state index contributed by atoms with van der Waals surface area (Å²) in [5, 5.41) is 3.46. The minimum atomic E-state index is 0.548. The highest BCUT2D eigenvalue weighted by Crippen LogP contribution is 2.39. The molecule has 0 saturated heterocycles. The van der Waals surface area contributed by atoms with Crippen LogP contribution in [0.25, 0.3) is 0 Å². The fourth-order valence-electron chi connectivity index (χ4n) is 2.85. The molecule has 1 fully saturated rings. The SMILES string of the molecule is CCNCCC(C)(C)C1CCCCCC1. The van der Waals surface area contributed by atoms with Crippen molar-refractivity contribution in [3.8, 4) is 0 Å². The minimum Gasteiger partial charge on any atom is -0.317 e. The summed E-state index contributed by atoms with van der Waals surface area (Å²) >= 11 is 0. The van der Waals surface area contributed by atoms with Gasteiger partial charge in [0.1, 0.15) is 0 Å². The molecule has 1 aliphatic carbocycles. The maximum absolute atomic E-state index is 3.46. The first-order valence-corrected chi connectivity index (χ1v) is 6.87. The summed E-state index contributed by atoms with van der Waals surface area (Å²) in [5.41, 5.74) is 0.548. The highest BCUT2D eigenvalue weighted by Gasteiger charge is 2.28. The second-order valence-electron chi connectivity index (χ2n) is 5.78. The summed E-state index contributed by atoms with van der Waals surface area (Å²) in [5.74, 6) is 0.971. The standard InChI is InChI=1S/C14H29N/c1-4-15-12-11-14(2,3)13-9-7-5-6-8-10-13/h13,15H,4-12H2,1-3H3. The number of rotatable bonds is 5. The number of nitrogens with one attached hydrogen (secondary N) is 1. The lowest BCUT2D eigenvalue weighted by Gasteiger charge is -2.34. The number of hydrogen-bond donors (Lipinski definition) is 1. The Hall–Kier alpha value is -0.0400. The van der Waals surface area contributed by atoms with E-state index in [0.717, 1.165) is 12.5 Å². The third-order valence-electron chi connectivity index (χ3n) is 4.16. The molecule has 0 bridgehead atoms. The van der Waals surface area contributed by atoms with Crippen LogP contribution in [0.2, 0.25) is 0 Å². The van der Waals surface area contributed by atoms with E-state index in [1.165, 1.54) is 51.5 Å². The van der Waals surface area contributed by atoms with Gasteiger partial charge in [0.2, 0.25) is 0 Å². The normalized spacial score (nSPS) is 20.2. The Bertz CT molecular complexity index is 155. The smallest absolute Gasteiger partial charge is 0.00438 e. The highest BCUT2D eigenvalue weighted by molar-refractivity contribution is 4.80. The van der Waals surface area contributed by atoms with Crippen molar-refractivity contribution >= 4 is 0 Å². The molecule has 0 spiro atoms. The molecule has 1 saturated carbocycles. The summed E-state index contributed by atoms with van der Waals surface area (Å²) in [7, 11) is 0. The van der Waals surface area contributed by atoms with Crippen molar-refractivity contribution in [3.63, 3.8) is 0 Å². The molecule has 0 aromatic carbocycles. The third-order valence-corrected chi connectivity index (χ3v) is 4.16. The molecule has 0 unspecified atom stereocenters. The lowest BCUT2D eigenvalue weighted by Crippen LogP contribution is -2.28. The molecule has 0 heterocycles. The second-order valence-corrected chi connectivity index (χ2v) is 5.78. The van der Waals surface area contributed by atoms with E-state index in [1.807, 2.05) is 0 Å². The van der Waals surface area contributed by atoms with Crippen LogP contribution in [0.3, 0.4) is 0 Å². The first-order valence-electron chi connectivity index (χ1n) is 6.87. The van der Waals surface area contributed by atoms with Crippen molar-refractivity contribution in [1.82, 2.24) is 5.32 Å². The van der Waals surface area contributed by atoms with Gasteiger partial charge in [0, 0.05) is 0 Å². The van der Waals surface area contributed by atoms with E-state index < -0.39 is 0 Å². The van der Waals surface area contributed by atoms with Crippen molar-refractivity contribution in [3.05, 3.63) is 0 Å². The van der Waals surface area contributed by atoms with Crippen LogP contribution >= 0.6 is 0 Å². The van der Waals surface area contributed by atoms with Crippen LogP contribution in [-0.2, 0) is 0 Å². The average Bonchev–Trinajstić information content (AvgIpc) is 2.46. The molecule has 1 rings (SSSR count). The van der Waals surface area contributed by atoms with E-state index in [9.17, 15) is 0 Å². The lowest BCUT2D eigenvalue weighted by atomic mass is 9.72. The van der Waals surface area contributed by atoms with E-state index in [4.69, 9.17) is 0 Å². The van der Waals surface area contributed by atoms with Gasteiger partial charge in [0.05, 0.1) is 0 Å². The first-order chi connectivity index (χ1) is 7.17. The van der Waals surface area contributed by atoms with Crippen LogP contribution in [0.4, 0.5) is 0 Å². The molecular weight excluding hydrogens is 182 g/mol. The van der Waals surface area contributed by atoms with Crippen molar-refractivity contribution in [2.75, 3.05) is 13.1 Å². The van der Waals surface area contributed by atoms with Crippen LogP contribution in [0, 0.1) is 11.3 Å². The third kappa shape index (κ3) is 4.55. The zero-order valence-electron chi connectivity index (χ0n) is 10.9. The van der Waals surface area contributed by atoms with Crippen LogP contribution < -0.4 is 5.32 Å². The van der Waals surface area contributed by atoms with Gasteiger partial charge in [0.15, 0.2) is 0 Å². The Labute approximate surface area is 96.0 Å². The maximum Gasteiger partial charge on any atom is -0.00438 e. The topological polar surface area (TPSA) is 12.0 Å². The Morgan fingerprint density at radius 3 is 2.20 bits per heavy atom. The van der Waals surface area contributed by atoms with Gasteiger partial charge in [-0.25, -0.2) is 0 Å². The fraction of sp³-hybridized carbons (Fsp3) is 1.00. The second kappa shape index (κ2) is 6.52. The predicted octanol–water partition coefficient (Wildman–Crippen LogP) is 3.98. The Kier molecular flexibility index (Phi) is 5.66. The predicted molar refractivity (Wildman–Crippen MR) is 68.1 cm³/mol. The highest BCUT2D eigenvalue weighted by atomic mass is 14.8. The summed E-state index contributed by atoms with van der Waals surface area (Å²) in [6.45, 7) is 9.44. The van der Waals surface area contributed by atoms with E-state index in [1.54, 1.807) is 0 Å². The Morgan fingerprint density at radius 2 is 1.67 bits per heavy atom.